The summed E-state index contributed by atoms with van der Waals surface area (Å²) in [6.07, 6.45) is 2.86. The molecule has 1 aliphatic rings. The Morgan fingerprint density at radius 2 is 2.16 bits per heavy atom. The predicted molar refractivity (Wildman–Crippen MR) is 75.5 cm³/mol. The summed E-state index contributed by atoms with van der Waals surface area (Å²) in [5.41, 5.74) is 1.14. The molecule has 2 N–H and O–H groups in total. The third kappa shape index (κ3) is 3.82. The molecule has 0 atom stereocenters. The Hall–Kier alpha value is -1.82. The molecule has 1 aromatic rings. The summed E-state index contributed by atoms with van der Waals surface area (Å²) in [7, 11) is 0.501. The first kappa shape index (κ1) is 13.6. The molecule has 0 bridgehead atoms. The Morgan fingerprint density at radius 3 is 2.79 bits per heavy atom. The second-order valence-electron chi connectivity index (χ2n) is 4.77. The number of rotatable bonds is 5. The lowest BCUT2D eigenvalue weighted by Gasteiger charge is -2.31. The molecular formula is C13H17BN2O3. The second-order valence-corrected chi connectivity index (χ2v) is 4.77. The molecule has 2 rings (SSSR count). The number of hydrogen-bond acceptors (Lipinski definition) is 4. The van der Waals surface area contributed by atoms with Gasteiger partial charge in [0.2, 0.25) is 0 Å². The van der Waals surface area contributed by atoms with E-state index in [0.717, 1.165) is 37.8 Å². The van der Waals surface area contributed by atoms with Crippen molar-refractivity contribution in [3.8, 4) is 0 Å². The largest absolute Gasteiger partial charge is 0.478 e. The van der Waals surface area contributed by atoms with Crippen molar-refractivity contribution in [3.63, 3.8) is 0 Å². The van der Waals surface area contributed by atoms with Crippen LogP contribution in [-0.2, 0) is 4.79 Å². The van der Waals surface area contributed by atoms with Crippen molar-refractivity contribution in [1.82, 2.24) is 4.81 Å². The van der Waals surface area contributed by atoms with E-state index in [2.05, 4.69) is 10.1 Å². The number of nitrogens with one attached hydrogen (secondary N) is 1. The average molecular weight is 260 g/mol. The monoisotopic (exact) mass is 260 g/mol. The highest BCUT2D eigenvalue weighted by molar-refractivity contribution is 6.64. The molecule has 1 heterocycles. The van der Waals surface area contributed by atoms with Gasteiger partial charge in [-0.25, -0.2) is 4.79 Å². The Morgan fingerprint density at radius 1 is 1.42 bits per heavy atom. The third-order valence-corrected chi connectivity index (χ3v) is 3.40. The number of hydrogen-bond donors (Lipinski definition) is 2. The van der Waals surface area contributed by atoms with Crippen LogP contribution in [-0.4, -0.2) is 48.6 Å². The molecular weight excluding hydrogens is 243 g/mol. The molecule has 0 unspecified atom stereocenters. The van der Waals surface area contributed by atoms with Gasteiger partial charge in [0, 0.05) is 11.7 Å². The zero-order valence-electron chi connectivity index (χ0n) is 10.7. The lowest BCUT2D eigenvalue weighted by Crippen LogP contribution is -2.41. The Bertz CT molecular complexity index is 459. The molecule has 19 heavy (non-hydrogen) atoms. The van der Waals surface area contributed by atoms with Gasteiger partial charge in [-0.1, -0.05) is 6.07 Å². The number of aromatic carboxylic acids is 1. The number of carboxylic acids is 1. The van der Waals surface area contributed by atoms with Crippen molar-refractivity contribution in [2.24, 2.45) is 0 Å². The fraction of sp³-hybridized carbons (Fsp3) is 0.385. The van der Waals surface area contributed by atoms with Gasteiger partial charge in [0.05, 0.1) is 11.7 Å². The maximum Gasteiger partial charge on any atom is 0.335 e. The van der Waals surface area contributed by atoms with E-state index < -0.39 is 5.97 Å². The van der Waals surface area contributed by atoms with Crippen molar-refractivity contribution in [2.45, 2.75) is 18.9 Å². The van der Waals surface area contributed by atoms with Crippen LogP contribution in [0.2, 0.25) is 0 Å². The fourth-order valence-corrected chi connectivity index (χ4v) is 2.34. The van der Waals surface area contributed by atoms with E-state index in [-0.39, 0.29) is 0 Å². The van der Waals surface area contributed by atoms with Gasteiger partial charge in [0.15, 0.2) is 0 Å². The number of benzene rings is 1. The number of piperidine rings is 1. The number of carbonyl (C=O) groups excluding carboxylic acids is 1. The minimum atomic E-state index is -0.913. The van der Waals surface area contributed by atoms with E-state index in [0.29, 0.717) is 19.0 Å². The molecule has 0 amide bonds. The summed E-state index contributed by atoms with van der Waals surface area (Å²) in [4.78, 5) is 23.5. The minimum absolute atomic E-state index is 0.295. The first-order valence-corrected chi connectivity index (χ1v) is 6.45. The van der Waals surface area contributed by atoms with Gasteiger partial charge in [-0.3, -0.25) is 0 Å². The maximum atomic E-state index is 10.9. The molecule has 0 radical (unpaired) electrons. The van der Waals surface area contributed by atoms with E-state index in [9.17, 15) is 9.59 Å². The quantitative estimate of drug-likeness (QED) is 0.605. The van der Waals surface area contributed by atoms with Crippen LogP contribution in [0.4, 0.5) is 5.69 Å². The number of carboxylic acid groups (broad SMARTS) is 1. The number of nitrogens with zero attached hydrogens (tertiary/aromatic N) is 1. The molecule has 1 fully saturated rings. The highest BCUT2D eigenvalue weighted by atomic mass is 16.4. The molecule has 0 aliphatic carbocycles. The zero-order chi connectivity index (χ0) is 13.7. The normalized spacial score (nSPS) is 16.8. The fourth-order valence-electron chi connectivity index (χ4n) is 2.34. The standard InChI is InChI=1S/C13H17BN2O3/c17-9-14-16-6-4-11(5-7-16)15-12-3-1-2-10(8-12)13(18)19/h1-3,8-9,11,14-15H,4-7H2,(H,18,19). The van der Waals surface area contributed by atoms with Gasteiger partial charge < -0.3 is 20.0 Å². The third-order valence-electron chi connectivity index (χ3n) is 3.40. The van der Waals surface area contributed by atoms with Crippen LogP contribution < -0.4 is 5.32 Å². The van der Waals surface area contributed by atoms with Gasteiger partial charge in [-0.05, 0) is 44.1 Å². The first-order chi connectivity index (χ1) is 9.19. The van der Waals surface area contributed by atoms with E-state index in [1.165, 1.54) is 0 Å². The van der Waals surface area contributed by atoms with Crippen LogP contribution in [0.25, 0.3) is 0 Å². The van der Waals surface area contributed by atoms with Crippen molar-refractivity contribution in [1.29, 1.82) is 0 Å². The second kappa shape index (κ2) is 6.38. The summed E-state index contributed by atoms with van der Waals surface area (Å²) in [5, 5.41) is 12.3. The van der Waals surface area contributed by atoms with Gasteiger partial charge in [0.25, 0.3) is 7.41 Å². The van der Waals surface area contributed by atoms with Crippen LogP contribution in [0.3, 0.4) is 0 Å². The van der Waals surface area contributed by atoms with E-state index >= 15 is 0 Å². The molecule has 1 aromatic carbocycles. The van der Waals surface area contributed by atoms with E-state index in [1.54, 1.807) is 18.2 Å². The van der Waals surface area contributed by atoms with Gasteiger partial charge >= 0.3 is 5.97 Å². The van der Waals surface area contributed by atoms with Crippen LogP contribution in [0.5, 0.6) is 0 Å². The van der Waals surface area contributed by atoms with Crippen LogP contribution in [0.15, 0.2) is 24.3 Å². The van der Waals surface area contributed by atoms with Crippen molar-refractivity contribution in [2.75, 3.05) is 18.4 Å². The predicted octanol–water partition coefficient (Wildman–Crippen LogP) is 0.803. The molecule has 0 aromatic heterocycles. The average Bonchev–Trinajstić information content (AvgIpc) is 2.42. The Balaban J connectivity index is 1.90. The molecule has 1 saturated heterocycles. The van der Waals surface area contributed by atoms with Crippen LogP contribution in [0.1, 0.15) is 23.2 Å². The first-order valence-electron chi connectivity index (χ1n) is 6.45. The summed E-state index contributed by atoms with van der Waals surface area (Å²) < 4.78 is 0. The van der Waals surface area contributed by atoms with Gasteiger partial charge in [-0.2, -0.15) is 0 Å². The molecule has 1 aliphatic heterocycles. The highest BCUT2D eigenvalue weighted by Gasteiger charge is 2.19. The van der Waals surface area contributed by atoms with Crippen molar-refractivity contribution < 1.29 is 14.7 Å². The molecule has 5 nitrogen and oxygen atoms in total. The summed E-state index contributed by atoms with van der Waals surface area (Å²) in [6, 6.07) is 7.20. The van der Waals surface area contributed by atoms with Crippen LogP contribution >= 0.6 is 0 Å². The smallest absolute Gasteiger partial charge is 0.335 e. The Labute approximate surface area is 112 Å². The number of anilines is 1. The SMILES string of the molecule is O=CBN1CCC(Nc2cccc(C(=O)O)c2)CC1. The lowest BCUT2D eigenvalue weighted by atomic mass is 9.90. The van der Waals surface area contributed by atoms with E-state index in [4.69, 9.17) is 5.11 Å². The highest BCUT2D eigenvalue weighted by Crippen LogP contribution is 2.17. The molecule has 0 saturated carbocycles. The molecule has 6 heteroatoms. The van der Waals surface area contributed by atoms with Crippen LogP contribution in [0, 0.1) is 0 Å². The Kier molecular flexibility index (Phi) is 4.57. The molecule has 100 valence electrons. The summed E-state index contributed by atoms with van der Waals surface area (Å²) >= 11 is 0. The van der Waals surface area contributed by atoms with Crippen molar-refractivity contribution >= 4 is 25.3 Å². The minimum Gasteiger partial charge on any atom is -0.478 e. The van der Waals surface area contributed by atoms with E-state index in [1.807, 2.05) is 6.07 Å². The zero-order valence-corrected chi connectivity index (χ0v) is 10.7. The summed E-state index contributed by atoms with van der Waals surface area (Å²) in [5.74, 6) is -0.913. The number of carbonyl (C=O) groups is 2. The lowest BCUT2D eigenvalue weighted by molar-refractivity contribution is 0.0697. The topological polar surface area (TPSA) is 69.6 Å². The van der Waals surface area contributed by atoms with Crippen molar-refractivity contribution in [3.05, 3.63) is 29.8 Å². The van der Waals surface area contributed by atoms with Gasteiger partial charge in [0.1, 0.15) is 0 Å². The summed E-state index contributed by atoms with van der Waals surface area (Å²) in [6.45, 7) is 1.80. The molecule has 0 spiro atoms. The van der Waals surface area contributed by atoms with Gasteiger partial charge in [-0.15, -0.1) is 0 Å². The maximum absolute atomic E-state index is 10.9.